The van der Waals surface area contributed by atoms with Crippen LogP contribution in [0.4, 0.5) is 4.79 Å². The Kier molecular flexibility index (Phi) is 9.36. The Morgan fingerprint density at radius 3 is 2.55 bits per heavy atom. The first-order chi connectivity index (χ1) is 19.3. The van der Waals surface area contributed by atoms with E-state index >= 15 is 0 Å². The van der Waals surface area contributed by atoms with Crippen LogP contribution in [0.2, 0.25) is 0 Å². The highest BCUT2D eigenvalue weighted by Crippen LogP contribution is 2.33. The predicted molar refractivity (Wildman–Crippen MR) is 145 cm³/mol. The van der Waals surface area contributed by atoms with E-state index in [1.807, 2.05) is 49.4 Å². The fourth-order valence-electron chi connectivity index (χ4n) is 4.70. The average molecular weight is 551 g/mol. The van der Waals surface area contributed by atoms with Crippen LogP contribution in [-0.4, -0.2) is 72.9 Å². The van der Waals surface area contributed by atoms with Crippen molar-refractivity contribution in [1.82, 2.24) is 15.5 Å². The summed E-state index contributed by atoms with van der Waals surface area (Å²) in [6.45, 7) is 2.73. The van der Waals surface area contributed by atoms with Crippen LogP contribution in [0.15, 0.2) is 59.8 Å². The lowest BCUT2D eigenvalue weighted by Crippen LogP contribution is -2.52. The number of carbonyl (C=O) groups is 4. The summed E-state index contributed by atoms with van der Waals surface area (Å²) in [5.74, 6) is -1.28. The minimum Gasteiger partial charge on any atom is -0.467 e. The molecule has 2 atom stereocenters. The first-order valence-corrected chi connectivity index (χ1v) is 13.2. The van der Waals surface area contributed by atoms with Crippen LogP contribution in [0.1, 0.15) is 36.0 Å². The van der Waals surface area contributed by atoms with Gasteiger partial charge < -0.3 is 29.8 Å². The van der Waals surface area contributed by atoms with E-state index in [9.17, 15) is 19.2 Å². The van der Waals surface area contributed by atoms with E-state index in [-0.39, 0.29) is 31.2 Å². The Bertz CT molecular complexity index is 1250. The molecule has 0 radical (unpaired) electrons. The number of aryl methyl sites for hydroxylation is 1. The van der Waals surface area contributed by atoms with Gasteiger partial charge in [0.05, 0.1) is 20.1 Å². The van der Waals surface area contributed by atoms with Gasteiger partial charge in [0, 0.05) is 19.5 Å². The number of hydrogen-bond acceptors (Lipinski definition) is 8. The number of likely N-dealkylation sites (tertiary alicyclic amines) is 1. The highest BCUT2D eigenvalue weighted by atomic mass is 16.7. The summed E-state index contributed by atoms with van der Waals surface area (Å²) < 4.78 is 9.91. The molecule has 0 aromatic heterocycles. The van der Waals surface area contributed by atoms with E-state index in [1.54, 1.807) is 17.0 Å². The van der Waals surface area contributed by atoms with E-state index in [4.69, 9.17) is 14.3 Å². The third kappa shape index (κ3) is 7.58. The molecule has 212 valence electrons. The lowest BCUT2D eigenvalue weighted by molar-refractivity contribution is -0.143. The minimum atomic E-state index is -1.17. The monoisotopic (exact) mass is 550 g/mol. The summed E-state index contributed by atoms with van der Waals surface area (Å²) in [6, 6.07) is 15.8. The van der Waals surface area contributed by atoms with Gasteiger partial charge in [0.25, 0.3) is 5.91 Å². The molecule has 2 heterocycles. The summed E-state index contributed by atoms with van der Waals surface area (Å²) in [6.07, 6.45) is 1.07. The van der Waals surface area contributed by atoms with E-state index < -0.39 is 29.6 Å². The number of amides is 3. The Morgan fingerprint density at radius 1 is 1.07 bits per heavy atom. The smallest absolute Gasteiger partial charge is 0.408 e. The molecule has 2 aliphatic rings. The molecule has 11 heteroatoms. The van der Waals surface area contributed by atoms with Crippen molar-refractivity contribution in [2.24, 2.45) is 5.16 Å². The fourth-order valence-corrected chi connectivity index (χ4v) is 4.70. The van der Waals surface area contributed by atoms with Crippen molar-refractivity contribution in [3.63, 3.8) is 0 Å². The molecule has 11 nitrogen and oxygen atoms in total. The average Bonchev–Trinajstić information content (AvgIpc) is 3.38. The molecule has 1 unspecified atom stereocenters. The van der Waals surface area contributed by atoms with E-state index in [0.29, 0.717) is 25.9 Å². The Labute approximate surface area is 232 Å². The lowest BCUT2D eigenvalue weighted by atomic mass is 9.87. The highest BCUT2D eigenvalue weighted by molar-refractivity contribution is 6.39. The number of piperidine rings is 1. The standard InChI is InChI=1S/C29H34N4O7/c1-20-9-11-21(12-10-20)15-25(34)33-14-6-13-29(19-33)16-23(32-40-29)26(35)30-17-24(27(36)38-2)31-28(37)39-18-22-7-4-3-5-8-22/h3-5,7-12,24H,6,13-19H2,1-2H3,(H,30,35)(H,31,37)/t24-,29?/m0/s1. The molecule has 0 aliphatic carbocycles. The summed E-state index contributed by atoms with van der Waals surface area (Å²) in [4.78, 5) is 57.8. The molecule has 0 saturated carbocycles. The zero-order valence-electron chi connectivity index (χ0n) is 22.7. The number of alkyl carbamates (subject to hydrolysis) is 1. The molecule has 4 rings (SSSR count). The molecule has 2 aromatic carbocycles. The van der Waals surface area contributed by atoms with E-state index in [0.717, 1.165) is 23.1 Å². The van der Waals surface area contributed by atoms with E-state index in [1.165, 1.54) is 7.11 Å². The van der Waals surface area contributed by atoms with Crippen molar-refractivity contribution >= 4 is 29.6 Å². The van der Waals surface area contributed by atoms with E-state index in [2.05, 4.69) is 15.8 Å². The third-order valence-electron chi connectivity index (χ3n) is 6.93. The fraction of sp³-hybridized carbons (Fsp3) is 0.414. The molecule has 2 aromatic rings. The molecular formula is C29H34N4O7. The third-order valence-corrected chi connectivity index (χ3v) is 6.93. The number of ether oxygens (including phenoxy) is 2. The van der Waals surface area contributed by atoms with Crippen LogP contribution >= 0.6 is 0 Å². The van der Waals surface area contributed by atoms with Crippen LogP contribution < -0.4 is 10.6 Å². The van der Waals surface area contributed by atoms with Gasteiger partial charge in [-0.05, 0) is 30.9 Å². The lowest BCUT2D eigenvalue weighted by Gasteiger charge is -2.38. The molecule has 1 spiro atoms. The van der Waals surface area contributed by atoms with Gasteiger partial charge in [0.2, 0.25) is 5.91 Å². The zero-order chi connectivity index (χ0) is 28.5. The van der Waals surface area contributed by atoms with Gasteiger partial charge in [0.15, 0.2) is 5.60 Å². The van der Waals surface area contributed by atoms with Crippen molar-refractivity contribution in [1.29, 1.82) is 0 Å². The van der Waals surface area contributed by atoms with Crippen molar-refractivity contribution in [2.75, 3.05) is 26.7 Å². The predicted octanol–water partition coefficient (Wildman–Crippen LogP) is 2.26. The number of nitrogens with one attached hydrogen (secondary N) is 2. The summed E-state index contributed by atoms with van der Waals surface area (Å²) in [5, 5.41) is 9.03. The van der Waals surface area contributed by atoms with Gasteiger partial charge in [-0.15, -0.1) is 0 Å². The summed E-state index contributed by atoms with van der Waals surface area (Å²) >= 11 is 0. The Morgan fingerprint density at radius 2 is 1.82 bits per heavy atom. The molecule has 3 amide bonds. The topological polar surface area (TPSA) is 136 Å². The maximum Gasteiger partial charge on any atom is 0.408 e. The maximum atomic E-state index is 13.0. The van der Waals surface area contributed by atoms with Crippen LogP contribution in [-0.2, 0) is 41.7 Å². The number of rotatable bonds is 9. The normalized spacial score (nSPS) is 18.8. The van der Waals surface area contributed by atoms with Crippen LogP contribution in [0.5, 0.6) is 0 Å². The molecule has 2 aliphatic heterocycles. The molecular weight excluding hydrogens is 516 g/mol. The number of carbonyl (C=O) groups excluding carboxylic acids is 4. The van der Waals surface area contributed by atoms with Crippen LogP contribution in [0.3, 0.4) is 0 Å². The number of methoxy groups -OCH3 is 1. The first kappa shape index (κ1) is 28.6. The van der Waals surface area contributed by atoms with Gasteiger partial charge in [0.1, 0.15) is 18.4 Å². The quantitative estimate of drug-likeness (QED) is 0.457. The number of oxime groups is 1. The Hall–Kier alpha value is -4.41. The largest absolute Gasteiger partial charge is 0.467 e. The zero-order valence-corrected chi connectivity index (χ0v) is 22.7. The second-order valence-corrected chi connectivity index (χ2v) is 10.1. The minimum absolute atomic E-state index is 0.00410. The second kappa shape index (κ2) is 13.1. The maximum absolute atomic E-state index is 13.0. The molecule has 0 bridgehead atoms. The van der Waals surface area contributed by atoms with Gasteiger partial charge in [-0.2, -0.15) is 0 Å². The highest BCUT2D eigenvalue weighted by Gasteiger charge is 2.45. The summed E-state index contributed by atoms with van der Waals surface area (Å²) in [7, 11) is 1.18. The van der Waals surface area contributed by atoms with Gasteiger partial charge in [-0.25, -0.2) is 9.59 Å². The number of benzene rings is 2. The van der Waals surface area contributed by atoms with Gasteiger partial charge in [-0.1, -0.05) is 65.3 Å². The number of esters is 1. The SMILES string of the molecule is COC(=O)[C@H](CNC(=O)C1=NOC2(CCCN(C(=O)Cc3ccc(C)cc3)C2)C1)NC(=O)OCc1ccccc1. The van der Waals surface area contributed by atoms with Crippen LogP contribution in [0.25, 0.3) is 0 Å². The molecule has 1 saturated heterocycles. The summed E-state index contributed by atoms with van der Waals surface area (Å²) in [5.41, 5.74) is 2.24. The van der Waals surface area contributed by atoms with Crippen molar-refractivity contribution in [2.45, 2.75) is 50.9 Å². The van der Waals surface area contributed by atoms with Gasteiger partial charge >= 0.3 is 12.1 Å². The van der Waals surface area contributed by atoms with Crippen molar-refractivity contribution in [3.8, 4) is 0 Å². The first-order valence-electron chi connectivity index (χ1n) is 13.2. The van der Waals surface area contributed by atoms with Crippen molar-refractivity contribution < 1.29 is 33.5 Å². The van der Waals surface area contributed by atoms with Crippen molar-refractivity contribution in [3.05, 3.63) is 71.3 Å². The molecule has 1 fully saturated rings. The molecule has 2 N–H and O–H groups in total. The van der Waals surface area contributed by atoms with Gasteiger partial charge in [-0.3, -0.25) is 9.59 Å². The molecule has 40 heavy (non-hydrogen) atoms. The van der Waals surface area contributed by atoms with Crippen LogP contribution in [0, 0.1) is 6.92 Å². The number of nitrogens with zero attached hydrogens (tertiary/aromatic N) is 2. The Balaban J connectivity index is 1.27. The number of hydrogen-bond donors (Lipinski definition) is 2. The second-order valence-electron chi connectivity index (χ2n) is 10.1.